The number of hydrogen-bond acceptors (Lipinski definition) is 3. The number of likely N-dealkylation sites (tertiary alicyclic amines) is 1. The summed E-state index contributed by atoms with van der Waals surface area (Å²) < 4.78 is 33.8. The summed E-state index contributed by atoms with van der Waals surface area (Å²) in [7, 11) is 0. The van der Waals surface area contributed by atoms with Gasteiger partial charge >= 0.3 is 6.09 Å². The van der Waals surface area contributed by atoms with Crippen molar-refractivity contribution in [3.8, 4) is 0 Å². The average Bonchev–Trinajstić information content (AvgIpc) is 2.67. The first-order valence-corrected chi connectivity index (χ1v) is 11.2. The summed E-state index contributed by atoms with van der Waals surface area (Å²) in [6.45, 7) is 5.42. The van der Waals surface area contributed by atoms with E-state index in [0.29, 0.717) is 0 Å². The van der Waals surface area contributed by atoms with Gasteiger partial charge in [-0.05, 0) is 51.0 Å². The van der Waals surface area contributed by atoms with Crippen molar-refractivity contribution in [3.05, 3.63) is 71.3 Å². The fourth-order valence-electron chi connectivity index (χ4n) is 3.67. The summed E-state index contributed by atoms with van der Waals surface area (Å²) in [4.78, 5) is 27.1. The predicted molar refractivity (Wildman–Crippen MR) is 122 cm³/mol. The van der Waals surface area contributed by atoms with Gasteiger partial charge in [0, 0.05) is 12.1 Å². The first kappa shape index (κ1) is 23.4. The van der Waals surface area contributed by atoms with E-state index in [0.717, 1.165) is 23.8 Å². The highest BCUT2D eigenvalue weighted by molar-refractivity contribution is 14.1. The lowest BCUT2D eigenvalue weighted by Gasteiger charge is -2.43. The minimum atomic E-state index is -0.887. The maximum atomic E-state index is 14.8. The van der Waals surface area contributed by atoms with Gasteiger partial charge in [0.2, 0.25) is 5.91 Å². The zero-order valence-corrected chi connectivity index (χ0v) is 19.7. The number of ether oxygens (including phenoxy) is 1. The van der Waals surface area contributed by atoms with Gasteiger partial charge in [-0.3, -0.25) is 4.79 Å². The van der Waals surface area contributed by atoms with E-state index in [-0.39, 0.29) is 24.4 Å². The molecule has 3 rings (SSSR count). The highest BCUT2D eigenvalue weighted by Gasteiger charge is 2.43. The van der Waals surface area contributed by atoms with Gasteiger partial charge in [-0.25, -0.2) is 13.6 Å². The van der Waals surface area contributed by atoms with Gasteiger partial charge in [-0.1, -0.05) is 52.9 Å². The number of carbonyl (C=O) groups is 2. The van der Waals surface area contributed by atoms with Gasteiger partial charge < -0.3 is 15.0 Å². The first-order valence-electron chi connectivity index (χ1n) is 9.98. The Kier molecular flexibility index (Phi) is 7.18. The van der Waals surface area contributed by atoms with E-state index in [1.165, 1.54) is 4.90 Å². The lowest BCUT2D eigenvalue weighted by molar-refractivity contribution is -0.137. The van der Waals surface area contributed by atoms with Crippen molar-refractivity contribution < 1.29 is 23.1 Å². The zero-order chi connectivity index (χ0) is 22.8. The third-order valence-electron chi connectivity index (χ3n) is 4.90. The number of carbonyl (C=O) groups excluding carboxylic acids is 2. The number of benzene rings is 2. The Morgan fingerprint density at radius 2 is 1.87 bits per heavy atom. The number of halogens is 3. The second-order valence-corrected chi connectivity index (χ2v) is 10.0. The van der Waals surface area contributed by atoms with Crippen molar-refractivity contribution in [2.75, 3.05) is 0 Å². The molecule has 1 saturated heterocycles. The molecule has 166 valence electrons. The molecule has 2 unspecified atom stereocenters. The number of nitrogens with zero attached hydrogens (tertiary/aromatic N) is 1. The molecule has 1 aliphatic heterocycles. The third-order valence-corrected chi connectivity index (χ3v) is 5.94. The molecule has 8 heteroatoms. The Labute approximate surface area is 194 Å². The van der Waals surface area contributed by atoms with Crippen molar-refractivity contribution in [2.45, 2.75) is 55.3 Å². The van der Waals surface area contributed by atoms with Crippen molar-refractivity contribution in [2.24, 2.45) is 0 Å². The Bertz CT molecular complexity index is 950. The van der Waals surface area contributed by atoms with Crippen molar-refractivity contribution in [1.82, 2.24) is 10.2 Å². The molecule has 3 atom stereocenters. The van der Waals surface area contributed by atoms with Crippen LogP contribution in [0.4, 0.5) is 13.6 Å². The fourth-order valence-corrected chi connectivity index (χ4v) is 4.57. The standard InChI is InChI=1S/C23H25F2IN2O3/c1-23(2,3)31-22(30)27-19-12-18(26)21(29)28(13-14-7-5-4-6-8-14)20(19)16-11-15(24)9-10-17(16)25/h4-11,18-20H,12-13H2,1-3H3,(H,27,30)/t18?,19?,20-/m1/s1. The highest BCUT2D eigenvalue weighted by atomic mass is 127. The van der Waals surface area contributed by atoms with Crippen LogP contribution in [0.15, 0.2) is 48.5 Å². The van der Waals surface area contributed by atoms with E-state index in [4.69, 9.17) is 4.74 Å². The number of hydrogen-bond donors (Lipinski definition) is 1. The quantitative estimate of drug-likeness (QED) is 0.431. The molecular formula is C23H25F2IN2O3. The van der Waals surface area contributed by atoms with Crippen LogP contribution in [-0.2, 0) is 16.1 Å². The van der Waals surface area contributed by atoms with Crippen LogP contribution in [0, 0.1) is 11.6 Å². The molecule has 1 fully saturated rings. The van der Waals surface area contributed by atoms with Crippen molar-refractivity contribution >= 4 is 34.6 Å². The maximum absolute atomic E-state index is 14.8. The Hall–Kier alpha value is -2.23. The third kappa shape index (κ3) is 5.93. The minimum Gasteiger partial charge on any atom is -0.444 e. The number of piperidine rings is 1. The molecule has 1 heterocycles. The fraction of sp³-hybridized carbons (Fsp3) is 0.391. The molecule has 1 N–H and O–H groups in total. The summed E-state index contributed by atoms with van der Waals surface area (Å²) in [5.74, 6) is -1.45. The molecule has 0 saturated carbocycles. The molecule has 2 amide bonds. The Morgan fingerprint density at radius 1 is 1.19 bits per heavy atom. The van der Waals surface area contributed by atoms with Crippen LogP contribution in [0.2, 0.25) is 0 Å². The summed E-state index contributed by atoms with van der Waals surface area (Å²) in [6.07, 6.45) is -0.401. The first-order chi connectivity index (χ1) is 14.5. The Morgan fingerprint density at radius 3 is 2.52 bits per heavy atom. The molecule has 0 spiro atoms. The number of rotatable bonds is 4. The van der Waals surface area contributed by atoms with E-state index >= 15 is 0 Å². The van der Waals surface area contributed by atoms with Crippen LogP contribution in [0.25, 0.3) is 0 Å². The molecule has 0 bridgehead atoms. The van der Waals surface area contributed by atoms with Crippen LogP contribution in [0.5, 0.6) is 0 Å². The van der Waals surface area contributed by atoms with Gasteiger partial charge in [0.05, 0.1) is 16.0 Å². The monoisotopic (exact) mass is 542 g/mol. The minimum absolute atomic E-state index is 0.0219. The lowest BCUT2D eigenvalue weighted by atomic mass is 9.89. The summed E-state index contributed by atoms with van der Waals surface area (Å²) in [6, 6.07) is 10.9. The van der Waals surface area contributed by atoms with Gasteiger partial charge in [0.25, 0.3) is 0 Å². The second kappa shape index (κ2) is 9.50. The van der Waals surface area contributed by atoms with Gasteiger partial charge in [-0.2, -0.15) is 0 Å². The van der Waals surface area contributed by atoms with Crippen molar-refractivity contribution in [3.63, 3.8) is 0 Å². The van der Waals surface area contributed by atoms with Crippen LogP contribution in [0.3, 0.4) is 0 Å². The van der Waals surface area contributed by atoms with E-state index in [9.17, 15) is 18.4 Å². The van der Waals surface area contributed by atoms with Crippen LogP contribution < -0.4 is 5.32 Å². The number of nitrogens with one attached hydrogen (secondary N) is 1. The average molecular weight is 542 g/mol. The lowest BCUT2D eigenvalue weighted by Crippen LogP contribution is -2.56. The molecule has 2 aromatic carbocycles. The molecule has 2 aromatic rings. The van der Waals surface area contributed by atoms with E-state index in [1.807, 2.05) is 52.9 Å². The summed E-state index contributed by atoms with van der Waals surface area (Å²) in [5.41, 5.74) is 0.148. The summed E-state index contributed by atoms with van der Waals surface area (Å²) >= 11 is 2.02. The van der Waals surface area contributed by atoms with E-state index < -0.39 is 39.3 Å². The topological polar surface area (TPSA) is 58.6 Å². The van der Waals surface area contributed by atoms with Crippen molar-refractivity contribution in [1.29, 1.82) is 0 Å². The molecule has 0 aromatic heterocycles. The van der Waals surface area contributed by atoms with Crippen LogP contribution >= 0.6 is 22.6 Å². The molecular weight excluding hydrogens is 517 g/mol. The maximum Gasteiger partial charge on any atom is 0.407 e. The van der Waals surface area contributed by atoms with E-state index in [1.54, 1.807) is 20.8 Å². The Balaban J connectivity index is 2.02. The molecule has 0 aliphatic carbocycles. The molecule has 5 nitrogen and oxygen atoms in total. The second-order valence-electron chi connectivity index (χ2n) is 8.52. The van der Waals surface area contributed by atoms with Gasteiger partial charge in [0.15, 0.2) is 0 Å². The SMILES string of the molecule is CC(C)(C)OC(=O)NC1CC(I)C(=O)N(Cc2ccccc2)[C@@H]1c1cc(F)ccc1F. The molecule has 0 radical (unpaired) electrons. The zero-order valence-electron chi connectivity index (χ0n) is 17.6. The molecule has 1 aliphatic rings. The predicted octanol–water partition coefficient (Wildman–Crippen LogP) is 5.14. The van der Waals surface area contributed by atoms with E-state index in [2.05, 4.69) is 5.32 Å². The largest absolute Gasteiger partial charge is 0.444 e. The van der Waals surface area contributed by atoms with Crippen LogP contribution in [0.1, 0.15) is 44.4 Å². The molecule has 31 heavy (non-hydrogen) atoms. The number of alkyl halides is 1. The number of amides is 2. The smallest absolute Gasteiger partial charge is 0.407 e. The number of alkyl carbamates (subject to hydrolysis) is 1. The van der Waals surface area contributed by atoms with Gasteiger partial charge in [-0.15, -0.1) is 0 Å². The highest BCUT2D eigenvalue weighted by Crippen LogP contribution is 2.37. The normalized spacial score (nSPS) is 21.7. The van der Waals surface area contributed by atoms with Gasteiger partial charge in [0.1, 0.15) is 17.2 Å². The van der Waals surface area contributed by atoms with Crippen LogP contribution in [-0.4, -0.2) is 32.5 Å². The summed E-state index contributed by atoms with van der Waals surface area (Å²) in [5, 5.41) is 2.79.